The summed E-state index contributed by atoms with van der Waals surface area (Å²) in [4.78, 5) is 0. The van der Waals surface area contributed by atoms with Crippen LogP contribution in [0.3, 0.4) is 0 Å². The van der Waals surface area contributed by atoms with E-state index in [4.69, 9.17) is 39.8 Å². The Labute approximate surface area is 780 Å². The zero-order chi connectivity index (χ0) is 89.8. The third kappa shape index (κ3) is 10.7. The Morgan fingerprint density at radius 1 is 0.116 bits per heavy atom. The molecule has 0 unspecified atom stereocenters. The summed E-state index contributed by atoms with van der Waals surface area (Å²) >= 11 is 0. The largest absolute Gasteiger partial charge is 0.456 e. The molecule has 138 heavy (non-hydrogen) atoms. The van der Waals surface area contributed by atoms with Crippen LogP contribution in [-0.2, 0) is 0 Å². The summed E-state index contributed by atoms with van der Waals surface area (Å²) in [6.45, 7) is 0. The second kappa shape index (κ2) is 28.4. The Hall–Kier alpha value is -18.8. The fraction of sp³-hybridized carbons (Fsp3) is 0. The maximum Gasteiger partial charge on any atom is 0.145 e. The topological polar surface area (TPSA) is 133 Å². The number of benzene rings is 21. The zero-order valence-corrected chi connectivity index (χ0v) is 73.4. The Balaban J connectivity index is 0.0000000959. The van der Waals surface area contributed by atoms with Crippen molar-refractivity contribution in [2.45, 2.75) is 0 Å². The van der Waals surface area contributed by atoms with Crippen LogP contribution in [-0.4, -0.2) is 13.7 Å². The Kier molecular flexibility index (Phi) is 15.4. The number of hydrogen-bond acceptors (Lipinski definition) is 9. The van der Waals surface area contributed by atoms with E-state index in [-0.39, 0.29) is 0 Å². The molecular formula is C126H69N3O9. The number of furan rings is 9. The van der Waals surface area contributed by atoms with Crippen molar-refractivity contribution in [2.75, 3.05) is 0 Å². The van der Waals surface area contributed by atoms with E-state index in [2.05, 4.69) is 359 Å². The standard InChI is InChI=1S/3C42H23NO3/c1-4-16-35-25(9-1)32-23-40-34(27-11-3-5-17-37(27)44-40)22-36(32)43(35)24-19-20-39-33(21-24)31-15-8-14-30(42(31)46-39)29-13-7-12-28-26-10-2-6-18-38(26)45-41(28)29;1-4-16-34-32(11-1)39-35(21-20-31-26-10-3-6-18-37(26)46-42(31)39)43(34)24-19-22-38-33(23-24)30-15-8-14-29(41(30)45-38)28-13-7-12-27-25-9-2-5-17-36(25)44-40(27)28;1-4-16-33-30(10-1)39-34(20-22-38-40(39)31-11-3-6-18-36(31)44-38)43(33)24-19-21-37-32(23-24)29-15-8-14-28(42(29)46-37)27-13-7-12-26-25-9-2-5-17-35(25)45-41(26)27/h3*1-23H. The Morgan fingerprint density at radius 3 is 0.790 bits per heavy atom. The van der Waals surface area contributed by atoms with Gasteiger partial charge in [0.25, 0.3) is 0 Å². The Morgan fingerprint density at radius 2 is 0.377 bits per heavy atom. The molecule has 33 rings (SSSR count). The van der Waals surface area contributed by atoms with Gasteiger partial charge in [-0.25, -0.2) is 0 Å². The van der Waals surface area contributed by atoms with Crippen LogP contribution in [0.15, 0.2) is 458 Å². The molecule has 0 saturated heterocycles. The van der Waals surface area contributed by atoms with Crippen molar-refractivity contribution in [1.29, 1.82) is 0 Å². The van der Waals surface area contributed by atoms with E-state index >= 15 is 0 Å². The first kappa shape index (κ1) is 74.8. The minimum Gasteiger partial charge on any atom is -0.456 e. The third-order valence-electron chi connectivity index (χ3n) is 28.8. The van der Waals surface area contributed by atoms with Gasteiger partial charge in [0.2, 0.25) is 0 Å². The molecule has 12 aromatic heterocycles. The van der Waals surface area contributed by atoms with Crippen molar-refractivity contribution in [3.8, 4) is 50.4 Å². The van der Waals surface area contributed by atoms with E-state index in [1.807, 2.05) is 72.8 Å². The molecular weight excluding hydrogens is 1700 g/mol. The second-order valence-electron chi connectivity index (χ2n) is 36.1. The zero-order valence-electron chi connectivity index (χ0n) is 73.4. The molecule has 12 heteroatoms. The maximum absolute atomic E-state index is 6.64. The molecule has 0 spiro atoms. The van der Waals surface area contributed by atoms with Crippen molar-refractivity contribution in [3.05, 3.63) is 419 Å². The molecule has 642 valence electrons. The molecule has 0 aliphatic rings. The smallest absolute Gasteiger partial charge is 0.145 e. The van der Waals surface area contributed by atoms with Crippen LogP contribution < -0.4 is 0 Å². The highest BCUT2D eigenvalue weighted by Crippen LogP contribution is 2.51. The fourth-order valence-corrected chi connectivity index (χ4v) is 22.8. The van der Waals surface area contributed by atoms with Crippen LogP contribution in [0.5, 0.6) is 0 Å². The van der Waals surface area contributed by atoms with Gasteiger partial charge in [0, 0.05) is 174 Å². The molecule has 0 saturated carbocycles. The van der Waals surface area contributed by atoms with Crippen LogP contribution >= 0.6 is 0 Å². The highest BCUT2D eigenvalue weighted by Gasteiger charge is 2.28. The monoisotopic (exact) mass is 1770 g/mol. The predicted molar refractivity (Wildman–Crippen MR) is 564 cm³/mol. The van der Waals surface area contributed by atoms with Gasteiger partial charge in [-0.2, -0.15) is 0 Å². The normalized spacial score (nSPS) is 12.3. The lowest BCUT2D eigenvalue weighted by Crippen LogP contribution is -1.93. The third-order valence-corrected chi connectivity index (χ3v) is 28.8. The summed E-state index contributed by atoms with van der Waals surface area (Å²) < 4.78 is 65.3. The molecule has 0 bridgehead atoms. The lowest BCUT2D eigenvalue weighted by atomic mass is 10.00. The highest BCUT2D eigenvalue weighted by atomic mass is 16.4. The molecule has 21 aromatic carbocycles. The second-order valence-corrected chi connectivity index (χ2v) is 36.1. The van der Waals surface area contributed by atoms with Gasteiger partial charge in [-0.1, -0.05) is 273 Å². The average Bonchev–Trinajstić information content (AvgIpc) is 1.55. The number of aromatic nitrogens is 3. The van der Waals surface area contributed by atoms with Crippen LogP contribution in [0, 0.1) is 0 Å². The van der Waals surface area contributed by atoms with E-state index in [0.29, 0.717) is 0 Å². The minimum atomic E-state index is 0.850. The van der Waals surface area contributed by atoms with Crippen LogP contribution in [0.4, 0.5) is 0 Å². The first-order valence-corrected chi connectivity index (χ1v) is 46.5. The number of nitrogens with zero attached hydrogens (tertiary/aromatic N) is 3. The Bertz CT molecular complexity index is 10800. The van der Waals surface area contributed by atoms with E-state index in [1.54, 1.807) is 0 Å². The number of hydrogen-bond donors (Lipinski definition) is 0. The molecule has 0 aliphatic heterocycles. The lowest BCUT2D eigenvalue weighted by Gasteiger charge is -2.08. The summed E-state index contributed by atoms with van der Waals surface area (Å²) in [6, 6.07) is 146. The first-order chi connectivity index (χ1) is 68.4. The highest BCUT2D eigenvalue weighted by molar-refractivity contribution is 6.30. The van der Waals surface area contributed by atoms with Crippen LogP contribution in [0.1, 0.15) is 0 Å². The maximum atomic E-state index is 6.64. The fourth-order valence-electron chi connectivity index (χ4n) is 22.8. The van der Waals surface area contributed by atoms with Gasteiger partial charge in [-0.3, -0.25) is 0 Å². The molecule has 0 atom stereocenters. The minimum absolute atomic E-state index is 0.850. The summed E-state index contributed by atoms with van der Waals surface area (Å²) in [5, 5.41) is 27.0. The molecule has 0 aliphatic carbocycles. The summed E-state index contributed by atoms with van der Waals surface area (Å²) in [5.41, 5.74) is 32.1. The molecule has 33 aromatic rings. The van der Waals surface area contributed by atoms with Gasteiger partial charge in [0.05, 0.1) is 38.5 Å². The number of para-hydroxylation sites is 15. The van der Waals surface area contributed by atoms with Crippen LogP contribution in [0.2, 0.25) is 0 Å². The summed E-state index contributed by atoms with van der Waals surface area (Å²) in [6.07, 6.45) is 0. The molecule has 0 fully saturated rings. The van der Waals surface area contributed by atoms with Gasteiger partial charge < -0.3 is 53.5 Å². The van der Waals surface area contributed by atoms with Crippen molar-refractivity contribution >= 4 is 263 Å². The number of fused-ring (bicyclic) bond motifs is 38. The van der Waals surface area contributed by atoms with Crippen molar-refractivity contribution in [3.63, 3.8) is 0 Å². The molecule has 0 amide bonds. The molecule has 0 N–H and O–H groups in total. The molecule has 12 heterocycles. The van der Waals surface area contributed by atoms with Crippen molar-refractivity contribution in [1.82, 2.24) is 13.7 Å². The quantitative estimate of drug-likeness (QED) is 0.160. The lowest BCUT2D eigenvalue weighted by molar-refractivity contribution is 0.665. The van der Waals surface area contributed by atoms with E-state index < -0.39 is 0 Å². The number of rotatable bonds is 6. The summed E-state index contributed by atoms with van der Waals surface area (Å²) in [7, 11) is 0. The van der Waals surface area contributed by atoms with E-state index in [1.165, 1.54) is 26.9 Å². The van der Waals surface area contributed by atoms with Crippen LogP contribution in [0.25, 0.3) is 313 Å². The molecule has 12 nitrogen and oxygen atoms in total. The van der Waals surface area contributed by atoms with Crippen molar-refractivity contribution < 1.29 is 39.8 Å². The van der Waals surface area contributed by atoms with Gasteiger partial charge in [-0.05, 0) is 146 Å². The SMILES string of the molecule is c1ccc2c(c1)oc1c(-c3cccc4c3oc3ccc(-n5c6ccccc6c6c7c(ccc65)oc5ccccc57)cc34)cccc12.c1ccc2c(c1)oc1c(-c3cccc4c3oc3ccc(-n5c6ccccc6c6c7oc8ccccc8c7ccc65)cc34)cccc12.c1ccc2c(c1)oc1cc3c4ccccc4n(-c4ccc5oc6c(-c7cccc8c7oc7ccccc78)cccc6c5c4)c3cc12. The predicted octanol–water partition coefficient (Wildman–Crippen LogP) is 36.4. The molecule has 0 radical (unpaired) electrons. The average molecular weight is 1770 g/mol. The van der Waals surface area contributed by atoms with Crippen molar-refractivity contribution in [2.24, 2.45) is 0 Å². The van der Waals surface area contributed by atoms with E-state index in [9.17, 15) is 0 Å². The van der Waals surface area contributed by atoms with Gasteiger partial charge in [-0.15, -0.1) is 0 Å². The van der Waals surface area contributed by atoms with Gasteiger partial charge >= 0.3 is 0 Å². The summed E-state index contributed by atoms with van der Waals surface area (Å²) in [5.74, 6) is 0. The van der Waals surface area contributed by atoms with E-state index in [0.717, 1.165) is 286 Å². The first-order valence-electron chi connectivity index (χ1n) is 46.5. The van der Waals surface area contributed by atoms with Gasteiger partial charge in [0.15, 0.2) is 0 Å². The van der Waals surface area contributed by atoms with Gasteiger partial charge in [0.1, 0.15) is 100 Å².